The number of nitrogens with zero attached hydrogens (tertiary/aromatic N) is 2. The molecule has 2 heterocycles. The van der Waals surface area contributed by atoms with Gasteiger partial charge in [-0.1, -0.05) is 60.3 Å². The predicted molar refractivity (Wildman–Crippen MR) is 112 cm³/mol. The van der Waals surface area contributed by atoms with Gasteiger partial charge in [-0.05, 0) is 48.5 Å². The first-order valence-corrected chi connectivity index (χ1v) is 10.2. The standard InChI is InChI=1S/C23H24N2S/c1-24-14-13-20-19(15-24)18-10-6-12-22(23(18)25(20)2)26-21-11-5-8-16-7-3-4-9-17(16)21/h3-12,19-20H,13-15H2,1-2H3/t19-,20+/m1/s1. The van der Waals surface area contributed by atoms with Crippen molar-refractivity contribution < 1.29 is 0 Å². The molecule has 2 nitrogen and oxygen atoms in total. The van der Waals surface area contributed by atoms with Crippen LogP contribution in [0.1, 0.15) is 17.9 Å². The Morgan fingerprint density at radius 2 is 1.65 bits per heavy atom. The van der Waals surface area contributed by atoms with Gasteiger partial charge in [-0.15, -0.1) is 0 Å². The molecular formula is C23H24N2S. The number of hydrogen-bond acceptors (Lipinski definition) is 3. The van der Waals surface area contributed by atoms with Crippen molar-refractivity contribution in [2.45, 2.75) is 28.2 Å². The molecule has 1 fully saturated rings. The van der Waals surface area contributed by atoms with E-state index in [1.165, 1.54) is 51.3 Å². The van der Waals surface area contributed by atoms with E-state index in [0.717, 1.165) is 0 Å². The summed E-state index contributed by atoms with van der Waals surface area (Å²) in [6, 6.07) is 22.9. The second-order valence-corrected chi connectivity index (χ2v) is 8.69. The lowest BCUT2D eigenvalue weighted by molar-refractivity contribution is 0.234. The number of likely N-dealkylation sites (N-methyl/N-ethyl adjacent to an activating group) is 2. The zero-order chi connectivity index (χ0) is 17.7. The molecule has 3 aromatic rings. The lowest BCUT2D eigenvalue weighted by Gasteiger charge is -2.35. The van der Waals surface area contributed by atoms with E-state index in [-0.39, 0.29) is 0 Å². The Labute approximate surface area is 159 Å². The van der Waals surface area contributed by atoms with Crippen LogP contribution in [0.4, 0.5) is 5.69 Å². The molecule has 2 aliphatic heterocycles. The molecule has 3 heteroatoms. The molecule has 0 N–H and O–H groups in total. The fourth-order valence-electron chi connectivity index (χ4n) is 4.74. The van der Waals surface area contributed by atoms with Gasteiger partial charge in [0.2, 0.25) is 0 Å². The van der Waals surface area contributed by atoms with Crippen molar-refractivity contribution in [1.29, 1.82) is 0 Å². The molecule has 0 saturated carbocycles. The van der Waals surface area contributed by atoms with Crippen molar-refractivity contribution in [2.24, 2.45) is 0 Å². The Kier molecular flexibility index (Phi) is 3.95. The van der Waals surface area contributed by atoms with Crippen molar-refractivity contribution >= 4 is 28.2 Å². The Bertz CT molecular complexity index is 962. The van der Waals surface area contributed by atoms with Crippen LogP contribution < -0.4 is 4.90 Å². The molecule has 1 saturated heterocycles. The van der Waals surface area contributed by atoms with Gasteiger partial charge in [0, 0.05) is 35.3 Å². The van der Waals surface area contributed by atoms with Crippen LogP contribution in [0.15, 0.2) is 70.5 Å². The first-order chi connectivity index (χ1) is 12.7. The van der Waals surface area contributed by atoms with Gasteiger partial charge in [-0.25, -0.2) is 0 Å². The fraction of sp³-hybridized carbons (Fsp3) is 0.304. The number of anilines is 1. The van der Waals surface area contributed by atoms with E-state index >= 15 is 0 Å². The van der Waals surface area contributed by atoms with Crippen LogP contribution >= 0.6 is 11.8 Å². The third-order valence-corrected chi connectivity index (χ3v) is 7.15. The minimum Gasteiger partial charge on any atom is -0.370 e. The largest absolute Gasteiger partial charge is 0.370 e. The number of likely N-dealkylation sites (tertiary alicyclic amines) is 1. The molecule has 2 atom stereocenters. The lowest BCUT2D eigenvalue weighted by Crippen LogP contribution is -2.43. The van der Waals surface area contributed by atoms with Crippen LogP contribution in [-0.2, 0) is 0 Å². The van der Waals surface area contributed by atoms with Crippen molar-refractivity contribution in [2.75, 3.05) is 32.1 Å². The highest BCUT2D eigenvalue weighted by molar-refractivity contribution is 7.99. The van der Waals surface area contributed by atoms with Crippen LogP contribution in [0.2, 0.25) is 0 Å². The third-order valence-electron chi connectivity index (χ3n) is 6.03. The molecule has 0 radical (unpaired) electrons. The minimum absolute atomic E-state index is 0.641. The van der Waals surface area contributed by atoms with Crippen molar-refractivity contribution in [1.82, 2.24) is 4.90 Å². The summed E-state index contributed by atoms with van der Waals surface area (Å²) in [5.41, 5.74) is 2.99. The SMILES string of the molecule is CN1CC[C@H]2[C@H](C1)c1cccc(Sc3cccc4ccccc34)c1N2C. The Hall–Kier alpha value is -1.97. The number of hydrogen-bond donors (Lipinski definition) is 0. The summed E-state index contributed by atoms with van der Waals surface area (Å²) in [5.74, 6) is 0.641. The number of fused-ring (bicyclic) bond motifs is 4. The van der Waals surface area contributed by atoms with Gasteiger partial charge in [-0.2, -0.15) is 0 Å². The quantitative estimate of drug-likeness (QED) is 0.618. The first kappa shape index (κ1) is 16.2. The highest BCUT2D eigenvalue weighted by atomic mass is 32.2. The highest BCUT2D eigenvalue weighted by Gasteiger charge is 2.40. The molecule has 3 aromatic carbocycles. The summed E-state index contributed by atoms with van der Waals surface area (Å²) >= 11 is 1.92. The summed E-state index contributed by atoms with van der Waals surface area (Å²) in [4.78, 5) is 7.77. The molecule has 2 aliphatic rings. The predicted octanol–water partition coefficient (Wildman–Crippen LogP) is 5.23. The maximum absolute atomic E-state index is 2.56. The average molecular weight is 361 g/mol. The van der Waals surface area contributed by atoms with Gasteiger partial charge in [0.25, 0.3) is 0 Å². The molecule has 0 spiro atoms. The third kappa shape index (κ3) is 2.53. The van der Waals surface area contributed by atoms with Crippen LogP contribution in [0.25, 0.3) is 10.8 Å². The minimum atomic E-state index is 0.641. The van der Waals surface area contributed by atoms with E-state index in [1.807, 2.05) is 11.8 Å². The second kappa shape index (κ2) is 6.33. The van der Waals surface area contributed by atoms with Crippen molar-refractivity contribution in [3.05, 3.63) is 66.2 Å². The highest BCUT2D eigenvalue weighted by Crippen LogP contribution is 2.49. The number of para-hydroxylation sites is 1. The van der Waals surface area contributed by atoms with E-state index in [0.29, 0.717) is 12.0 Å². The monoisotopic (exact) mass is 360 g/mol. The van der Waals surface area contributed by atoms with Crippen LogP contribution in [0.5, 0.6) is 0 Å². The van der Waals surface area contributed by atoms with Crippen LogP contribution in [0, 0.1) is 0 Å². The lowest BCUT2D eigenvalue weighted by atomic mass is 9.89. The molecule has 132 valence electrons. The molecule has 0 unspecified atom stereocenters. The zero-order valence-corrected chi connectivity index (χ0v) is 16.2. The molecule has 5 rings (SSSR count). The number of benzene rings is 3. The average Bonchev–Trinajstić information content (AvgIpc) is 2.95. The van der Waals surface area contributed by atoms with Gasteiger partial charge in [0.1, 0.15) is 0 Å². The summed E-state index contributed by atoms with van der Waals surface area (Å²) in [7, 11) is 4.55. The van der Waals surface area contributed by atoms with Gasteiger partial charge in [0.15, 0.2) is 0 Å². The van der Waals surface area contributed by atoms with E-state index in [4.69, 9.17) is 0 Å². The normalized spacial score (nSPS) is 22.5. The first-order valence-electron chi connectivity index (χ1n) is 9.42. The molecule has 0 aliphatic carbocycles. The summed E-state index contributed by atoms with van der Waals surface area (Å²) in [6.45, 7) is 2.37. The molecule has 0 amide bonds. The smallest absolute Gasteiger partial charge is 0.0544 e. The maximum atomic E-state index is 2.56. The maximum Gasteiger partial charge on any atom is 0.0544 e. The number of piperidine rings is 1. The second-order valence-electron chi connectivity index (χ2n) is 7.61. The van der Waals surface area contributed by atoms with Crippen LogP contribution in [0.3, 0.4) is 0 Å². The summed E-state index contributed by atoms with van der Waals surface area (Å²) in [5, 5.41) is 2.66. The van der Waals surface area contributed by atoms with Gasteiger partial charge in [0.05, 0.1) is 5.69 Å². The van der Waals surface area contributed by atoms with E-state index in [1.54, 1.807) is 0 Å². The number of rotatable bonds is 2. The van der Waals surface area contributed by atoms with Crippen LogP contribution in [-0.4, -0.2) is 38.1 Å². The molecule has 26 heavy (non-hydrogen) atoms. The summed E-state index contributed by atoms with van der Waals surface area (Å²) in [6.07, 6.45) is 1.25. The van der Waals surface area contributed by atoms with Crippen molar-refractivity contribution in [3.8, 4) is 0 Å². The fourth-order valence-corrected chi connectivity index (χ4v) is 5.92. The van der Waals surface area contributed by atoms with Gasteiger partial charge < -0.3 is 9.80 Å². The van der Waals surface area contributed by atoms with Gasteiger partial charge >= 0.3 is 0 Å². The van der Waals surface area contributed by atoms with E-state index in [9.17, 15) is 0 Å². The zero-order valence-electron chi connectivity index (χ0n) is 15.4. The van der Waals surface area contributed by atoms with E-state index in [2.05, 4.69) is 84.6 Å². The van der Waals surface area contributed by atoms with Gasteiger partial charge in [-0.3, -0.25) is 0 Å². The molecule has 0 bridgehead atoms. The Morgan fingerprint density at radius 1 is 0.885 bits per heavy atom. The topological polar surface area (TPSA) is 6.48 Å². The molecular weight excluding hydrogens is 336 g/mol. The van der Waals surface area contributed by atoms with Crippen molar-refractivity contribution in [3.63, 3.8) is 0 Å². The molecule has 0 aromatic heterocycles. The Morgan fingerprint density at radius 3 is 2.58 bits per heavy atom. The Balaban J connectivity index is 1.58. The summed E-state index contributed by atoms with van der Waals surface area (Å²) < 4.78 is 0. The van der Waals surface area contributed by atoms with E-state index < -0.39 is 0 Å².